The highest BCUT2D eigenvalue weighted by atomic mass is 16.7. The molecule has 1 fully saturated rings. The van der Waals surface area contributed by atoms with Crippen LogP contribution in [0.4, 0.5) is 0 Å². The maximum Gasteiger partial charge on any atom is 0.305 e. The van der Waals surface area contributed by atoms with Crippen molar-refractivity contribution in [2.45, 2.75) is 58.3 Å². The summed E-state index contributed by atoms with van der Waals surface area (Å²) in [6, 6.07) is 1.75. The third-order valence-electron chi connectivity index (χ3n) is 4.20. The second-order valence-electron chi connectivity index (χ2n) is 6.84. The van der Waals surface area contributed by atoms with E-state index in [9.17, 15) is 24.0 Å². The first-order valence-corrected chi connectivity index (χ1v) is 9.59. The third-order valence-corrected chi connectivity index (χ3v) is 4.20. The van der Waals surface area contributed by atoms with Crippen LogP contribution in [-0.4, -0.2) is 72.0 Å². The number of carbonyl (C=O) groups excluding carboxylic acids is 5. The van der Waals surface area contributed by atoms with E-state index in [4.69, 9.17) is 23.7 Å². The average Bonchev–Trinajstić information content (AvgIpc) is 2.70. The van der Waals surface area contributed by atoms with Crippen molar-refractivity contribution in [3.8, 4) is 0 Å². The molecule has 1 aliphatic heterocycles. The van der Waals surface area contributed by atoms with E-state index in [1.807, 2.05) is 0 Å². The standard InChI is InChI=1S/C20H24N2O10/c1-10(23)28-9-15-17(29-11(2)24)18(30-12(3)25)16(20(32-15)31-13(4)26)22-19(27)14-6-5-7-21-8-14/h5-8,15-18,20H,9H2,1-4H3,(H,22,27)/t15-,16-,17+,18+,20+/m0/s1. The molecule has 12 heteroatoms. The summed E-state index contributed by atoms with van der Waals surface area (Å²) in [7, 11) is 0. The number of aromatic nitrogens is 1. The number of pyridine rings is 1. The number of nitrogens with one attached hydrogen (secondary N) is 1. The quantitative estimate of drug-likeness (QED) is 0.435. The van der Waals surface area contributed by atoms with Gasteiger partial charge in [0.25, 0.3) is 5.91 Å². The summed E-state index contributed by atoms with van der Waals surface area (Å²) in [5.41, 5.74) is 0.168. The van der Waals surface area contributed by atoms with E-state index in [-0.39, 0.29) is 5.56 Å². The Morgan fingerprint density at radius 1 is 0.938 bits per heavy atom. The predicted molar refractivity (Wildman–Crippen MR) is 104 cm³/mol. The Hall–Kier alpha value is -3.54. The molecule has 5 atom stereocenters. The number of amides is 1. The van der Waals surface area contributed by atoms with Gasteiger partial charge in [0, 0.05) is 40.1 Å². The van der Waals surface area contributed by atoms with Crippen LogP contribution in [0.1, 0.15) is 38.1 Å². The molecule has 2 rings (SSSR count). The van der Waals surface area contributed by atoms with Gasteiger partial charge in [-0.3, -0.25) is 29.0 Å². The maximum atomic E-state index is 12.7. The van der Waals surface area contributed by atoms with Gasteiger partial charge in [-0.1, -0.05) is 0 Å². The fourth-order valence-corrected chi connectivity index (χ4v) is 3.05. The minimum absolute atomic E-state index is 0.168. The van der Waals surface area contributed by atoms with E-state index in [2.05, 4.69) is 10.3 Å². The highest BCUT2D eigenvalue weighted by Gasteiger charge is 2.52. The molecular formula is C20H24N2O10. The van der Waals surface area contributed by atoms with Crippen LogP contribution < -0.4 is 5.32 Å². The van der Waals surface area contributed by atoms with Crippen molar-refractivity contribution < 1.29 is 47.7 Å². The van der Waals surface area contributed by atoms with Crippen LogP contribution in [0.25, 0.3) is 0 Å². The number of ether oxygens (including phenoxy) is 5. The average molecular weight is 452 g/mol. The third kappa shape index (κ3) is 7.01. The lowest BCUT2D eigenvalue weighted by Gasteiger charge is -2.44. The minimum atomic E-state index is -1.45. The second kappa shape index (κ2) is 11.2. The molecule has 0 aliphatic carbocycles. The molecule has 0 radical (unpaired) electrons. The summed E-state index contributed by atoms with van der Waals surface area (Å²) in [5.74, 6) is -3.54. The Morgan fingerprint density at radius 2 is 1.56 bits per heavy atom. The number of esters is 4. The minimum Gasteiger partial charge on any atom is -0.463 e. The molecule has 0 saturated carbocycles. The topological polar surface area (TPSA) is 156 Å². The summed E-state index contributed by atoms with van der Waals surface area (Å²) < 4.78 is 26.5. The van der Waals surface area contributed by atoms with Crippen LogP contribution in [0.3, 0.4) is 0 Å². The van der Waals surface area contributed by atoms with Crippen molar-refractivity contribution in [3.63, 3.8) is 0 Å². The van der Waals surface area contributed by atoms with Crippen LogP contribution in [0.15, 0.2) is 24.5 Å². The van der Waals surface area contributed by atoms with E-state index in [1.165, 1.54) is 24.5 Å². The lowest BCUT2D eigenvalue weighted by Crippen LogP contribution is -2.67. The van der Waals surface area contributed by atoms with Gasteiger partial charge < -0.3 is 29.0 Å². The van der Waals surface area contributed by atoms with Gasteiger partial charge in [0.05, 0.1) is 5.56 Å². The number of hydrogen-bond donors (Lipinski definition) is 1. The Balaban J connectivity index is 2.44. The van der Waals surface area contributed by atoms with Crippen molar-refractivity contribution in [2.75, 3.05) is 6.61 Å². The van der Waals surface area contributed by atoms with Crippen molar-refractivity contribution in [1.29, 1.82) is 0 Å². The largest absolute Gasteiger partial charge is 0.463 e. The van der Waals surface area contributed by atoms with Gasteiger partial charge in [-0.2, -0.15) is 0 Å². The molecule has 1 saturated heterocycles. The molecule has 1 N–H and O–H groups in total. The molecule has 174 valence electrons. The van der Waals surface area contributed by atoms with Gasteiger partial charge in [0.15, 0.2) is 12.2 Å². The predicted octanol–water partition coefficient (Wildman–Crippen LogP) is -0.105. The van der Waals surface area contributed by atoms with E-state index >= 15 is 0 Å². The molecule has 1 amide bonds. The van der Waals surface area contributed by atoms with E-state index in [1.54, 1.807) is 0 Å². The van der Waals surface area contributed by atoms with E-state index in [0.717, 1.165) is 27.7 Å². The maximum absolute atomic E-state index is 12.7. The summed E-state index contributed by atoms with van der Waals surface area (Å²) in [5, 5.41) is 2.58. The fraction of sp³-hybridized carbons (Fsp3) is 0.500. The zero-order valence-corrected chi connectivity index (χ0v) is 17.9. The molecule has 0 unspecified atom stereocenters. The Morgan fingerprint density at radius 3 is 2.09 bits per heavy atom. The van der Waals surface area contributed by atoms with Crippen LogP contribution in [-0.2, 0) is 42.9 Å². The Bertz CT molecular complexity index is 859. The summed E-state index contributed by atoms with van der Waals surface area (Å²) in [4.78, 5) is 63.1. The SMILES string of the molecule is CC(=O)OC[C@@H]1O[C@@H](OC(C)=O)[C@@H](NC(=O)c2cccnc2)[C@@H](OC(C)=O)[C@@H]1OC(C)=O. The number of hydrogen-bond acceptors (Lipinski definition) is 11. The number of nitrogens with zero attached hydrogens (tertiary/aromatic N) is 1. The van der Waals surface area contributed by atoms with Gasteiger partial charge in [-0.15, -0.1) is 0 Å². The zero-order valence-electron chi connectivity index (χ0n) is 17.9. The Kier molecular flexibility index (Phi) is 8.64. The monoisotopic (exact) mass is 452 g/mol. The van der Waals surface area contributed by atoms with E-state index in [0.29, 0.717) is 0 Å². The first-order chi connectivity index (χ1) is 15.1. The van der Waals surface area contributed by atoms with Gasteiger partial charge >= 0.3 is 23.9 Å². The van der Waals surface area contributed by atoms with Crippen molar-refractivity contribution in [1.82, 2.24) is 10.3 Å². The van der Waals surface area contributed by atoms with Gasteiger partial charge in [0.2, 0.25) is 6.29 Å². The molecule has 1 aliphatic rings. The molecule has 12 nitrogen and oxygen atoms in total. The van der Waals surface area contributed by atoms with Gasteiger partial charge in [-0.05, 0) is 12.1 Å². The van der Waals surface area contributed by atoms with Gasteiger partial charge in [0.1, 0.15) is 18.8 Å². The lowest BCUT2D eigenvalue weighted by atomic mass is 9.95. The molecule has 32 heavy (non-hydrogen) atoms. The molecule has 1 aromatic rings. The fourth-order valence-electron chi connectivity index (χ4n) is 3.05. The highest BCUT2D eigenvalue weighted by molar-refractivity contribution is 5.94. The second-order valence-corrected chi connectivity index (χ2v) is 6.84. The molecule has 2 heterocycles. The van der Waals surface area contributed by atoms with Crippen LogP contribution >= 0.6 is 0 Å². The number of carbonyl (C=O) groups is 5. The van der Waals surface area contributed by atoms with Crippen LogP contribution in [0, 0.1) is 0 Å². The van der Waals surface area contributed by atoms with Crippen molar-refractivity contribution in [3.05, 3.63) is 30.1 Å². The summed E-state index contributed by atoms with van der Waals surface area (Å²) in [6.45, 7) is 4.11. The first-order valence-electron chi connectivity index (χ1n) is 9.59. The first kappa shape index (κ1) is 24.7. The van der Waals surface area contributed by atoms with Crippen LogP contribution in [0.5, 0.6) is 0 Å². The van der Waals surface area contributed by atoms with E-state index < -0.39 is 67.0 Å². The molecular weight excluding hydrogens is 428 g/mol. The van der Waals surface area contributed by atoms with Crippen LogP contribution in [0.2, 0.25) is 0 Å². The number of rotatable bonds is 7. The summed E-state index contributed by atoms with van der Waals surface area (Å²) >= 11 is 0. The summed E-state index contributed by atoms with van der Waals surface area (Å²) in [6.07, 6.45) is -2.47. The van der Waals surface area contributed by atoms with Gasteiger partial charge in [-0.25, -0.2) is 0 Å². The molecule has 0 bridgehead atoms. The molecule has 0 spiro atoms. The lowest BCUT2D eigenvalue weighted by molar-refractivity contribution is -0.270. The Labute approximate surface area is 183 Å². The smallest absolute Gasteiger partial charge is 0.305 e. The normalized spacial score (nSPS) is 24.6. The highest BCUT2D eigenvalue weighted by Crippen LogP contribution is 2.28. The van der Waals surface area contributed by atoms with Crippen molar-refractivity contribution in [2.24, 2.45) is 0 Å². The molecule has 0 aromatic carbocycles. The zero-order chi connectivity index (χ0) is 23.8. The molecule has 1 aromatic heterocycles. The van der Waals surface area contributed by atoms with Crippen molar-refractivity contribution >= 4 is 29.8 Å².